The molecule has 2 aromatic rings. The first kappa shape index (κ1) is 9.39. The molecule has 15 heavy (non-hydrogen) atoms. The summed E-state index contributed by atoms with van der Waals surface area (Å²) in [7, 11) is 0. The third-order valence-corrected chi connectivity index (χ3v) is 1.84. The van der Waals surface area contributed by atoms with E-state index in [0.717, 1.165) is 4.85 Å². The van der Waals surface area contributed by atoms with Gasteiger partial charge in [-0.2, -0.15) is 0 Å². The molecular formula is C10H9N3O2. The van der Waals surface area contributed by atoms with Crippen LogP contribution in [-0.2, 0) is 4.79 Å². The number of fused-ring (bicyclic) bond motifs is 1. The Morgan fingerprint density at radius 2 is 2.20 bits per heavy atom. The van der Waals surface area contributed by atoms with E-state index in [9.17, 15) is 4.79 Å². The second-order valence-corrected chi connectivity index (χ2v) is 3.11. The predicted molar refractivity (Wildman–Crippen MR) is 53.9 cm³/mol. The molecule has 0 spiro atoms. The van der Waals surface area contributed by atoms with Gasteiger partial charge in [0.2, 0.25) is 0 Å². The van der Waals surface area contributed by atoms with E-state index in [1.165, 1.54) is 0 Å². The minimum Gasteiger partial charge on any atom is -0.312 e. The highest BCUT2D eigenvalue weighted by Gasteiger charge is 2.09. The van der Waals surface area contributed by atoms with Crippen molar-refractivity contribution in [2.75, 3.05) is 0 Å². The fourth-order valence-electron chi connectivity index (χ4n) is 1.07. The molecular weight excluding hydrogens is 194 g/mol. The Labute approximate surface area is 85.9 Å². The summed E-state index contributed by atoms with van der Waals surface area (Å²) in [6.07, 6.45) is 0. The molecule has 0 saturated carbocycles. The monoisotopic (exact) mass is 203 g/mol. The molecule has 76 valence electrons. The Balaban J connectivity index is 2.37. The average molecular weight is 203 g/mol. The quantitative estimate of drug-likeness (QED) is 0.539. The number of carbonyl (C=O) groups excluding carboxylic acids is 1. The third-order valence-electron chi connectivity index (χ3n) is 1.84. The van der Waals surface area contributed by atoms with Crippen LogP contribution >= 0.6 is 0 Å². The zero-order valence-electron chi connectivity index (χ0n) is 8.17. The normalized spacial score (nSPS) is 10.2. The Morgan fingerprint density at radius 1 is 1.47 bits per heavy atom. The van der Waals surface area contributed by atoms with E-state index >= 15 is 0 Å². The molecule has 1 aromatic carbocycles. The van der Waals surface area contributed by atoms with Gasteiger partial charge in [0.1, 0.15) is 11.0 Å². The molecule has 1 aromatic heterocycles. The van der Waals surface area contributed by atoms with E-state index in [0.29, 0.717) is 16.6 Å². The Kier molecular flexibility index (Phi) is 2.21. The summed E-state index contributed by atoms with van der Waals surface area (Å²) in [5, 5.41) is 7.54. The molecule has 0 N–H and O–H groups in total. The van der Waals surface area contributed by atoms with Crippen LogP contribution in [-0.4, -0.2) is 21.1 Å². The van der Waals surface area contributed by atoms with Crippen LogP contribution in [0.2, 0.25) is 0 Å². The molecule has 0 unspecified atom stereocenters. The van der Waals surface area contributed by atoms with Crippen LogP contribution in [0.15, 0.2) is 36.4 Å². The zero-order chi connectivity index (χ0) is 10.8. The molecule has 0 aliphatic rings. The topological polar surface area (TPSA) is 57.0 Å². The molecule has 0 fully saturated rings. The van der Waals surface area contributed by atoms with E-state index in [4.69, 9.17) is 4.84 Å². The molecule has 0 radical (unpaired) electrons. The van der Waals surface area contributed by atoms with Gasteiger partial charge in [-0.1, -0.05) is 23.6 Å². The molecule has 5 heteroatoms. The van der Waals surface area contributed by atoms with Crippen LogP contribution in [0.5, 0.6) is 0 Å². The molecule has 0 aliphatic heterocycles. The van der Waals surface area contributed by atoms with Crippen molar-refractivity contribution in [2.45, 2.75) is 6.92 Å². The Hall–Kier alpha value is -2.17. The molecule has 0 amide bonds. The lowest BCUT2D eigenvalue weighted by Gasteiger charge is -2.01. The molecule has 0 atom stereocenters. The number of benzene rings is 1. The van der Waals surface area contributed by atoms with Crippen LogP contribution in [0, 0.1) is 0 Å². The maximum Gasteiger partial charge on any atom is 0.360 e. The summed E-state index contributed by atoms with van der Waals surface area (Å²) in [6, 6.07) is 7.20. The van der Waals surface area contributed by atoms with Gasteiger partial charge in [-0.25, -0.2) is 4.79 Å². The SMILES string of the molecule is C=C(C)C(=O)On1nnc2ccccc21. The largest absolute Gasteiger partial charge is 0.360 e. The van der Waals surface area contributed by atoms with E-state index in [2.05, 4.69) is 16.9 Å². The van der Waals surface area contributed by atoms with Crippen molar-refractivity contribution in [2.24, 2.45) is 0 Å². The maximum atomic E-state index is 11.2. The van der Waals surface area contributed by atoms with Gasteiger partial charge >= 0.3 is 5.97 Å². The van der Waals surface area contributed by atoms with E-state index in [1.807, 2.05) is 12.1 Å². The Bertz CT molecular complexity index is 530. The lowest BCUT2D eigenvalue weighted by molar-refractivity contribution is -0.140. The van der Waals surface area contributed by atoms with Crippen molar-refractivity contribution in [1.29, 1.82) is 0 Å². The average Bonchev–Trinajstić information content (AvgIpc) is 2.62. The number of hydrogen-bond acceptors (Lipinski definition) is 4. The van der Waals surface area contributed by atoms with Crippen LogP contribution in [0.4, 0.5) is 0 Å². The minimum absolute atomic E-state index is 0.314. The summed E-state index contributed by atoms with van der Waals surface area (Å²) in [6.45, 7) is 5.05. The lowest BCUT2D eigenvalue weighted by atomic mass is 10.3. The Morgan fingerprint density at radius 3 is 2.93 bits per heavy atom. The lowest BCUT2D eigenvalue weighted by Crippen LogP contribution is -2.21. The number of hydrogen-bond donors (Lipinski definition) is 0. The predicted octanol–water partition coefficient (Wildman–Crippen LogP) is 0.963. The molecule has 2 rings (SSSR count). The highest BCUT2D eigenvalue weighted by Crippen LogP contribution is 2.08. The van der Waals surface area contributed by atoms with Crippen LogP contribution < -0.4 is 4.84 Å². The summed E-state index contributed by atoms with van der Waals surface area (Å²) in [5.41, 5.74) is 1.63. The molecule has 0 aliphatic carbocycles. The van der Waals surface area contributed by atoms with Crippen molar-refractivity contribution in [3.63, 3.8) is 0 Å². The third kappa shape index (κ3) is 1.71. The van der Waals surface area contributed by atoms with Gasteiger partial charge in [-0.05, 0) is 24.3 Å². The van der Waals surface area contributed by atoms with Crippen molar-refractivity contribution in [1.82, 2.24) is 15.2 Å². The number of para-hydroxylation sites is 1. The van der Waals surface area contributed by atoms with E-state index in [1.54, 1.807) is 19.1 Å². The fraction of sp³-hybridized carbons (Fsp3) is 0.100. The van der Waals surface area contributed by atoms with Gasteiger partial charge in [-0.3, -0.25) is 0 Å². The highest BCUT2D eigenvalue weighted by atomic mass is 16.7. The first-order valence-electron chi connectivity index (χ1n) is 4.37. The number of aromatic nitrogens is 3. The standard InChI is InChI=1S/C10H9N3O2/c1-7(2)10(14)15-13-9-6-4-3-5-8(9)11-12-13/h3-6H,1H2,2H3. The van der Waals surface area contributed by atoms with E-state index in [-0.39, 0.29) is 0 Å². The van der Waals surface area contributed by atoms with Gasteiger partial charge < -0.3 is 4.84 Å². The second-order valence-electron chi connectivity index (χ2n) is 3.11. The van der Waals surface area contributed by atoms with Gasteiger partial charge in [0, 0.05) is 5.57 Å². The second kappa shape index (κ2) is 3.53. The number of nitrogens with zero attached hydrogens (tertiary/aromatic N) is 3. The van der Waals surface area contributed by atoms with Crippen LogP contribution in [0.3, 0.4) is 0 Å². The van der Waals surface area contributed by atoms with Crippen molar-refractivity contribution in [3.05, 3.63) is 36.4 Å². The maximum absolute atomic E-state index is 11.2. The first-order chi connectivity index (χ1) is 7.18. The van der Waals surface area contributed by atoms with Crippen LogP contribution in [0.25, 0.3) is 11.0 Å². The van der Waals surface area contributed by atoms with E-state index < -0.39 is 5.97 Å². The summed E-state index contributed by atoms with van der Waals surface area (Å²) in [5.74, 6) is -0.523. The summed E-state index contributed by atoms with van der Waals surface area (Å²) < 4.78 is 0. The minimum atomic E-state index is -0.523. The summed E-state index contributed by atoms with van der Waals surface area (Å²) in [4.78, 5) is 17.3. The first-order valence-corrected chi connectivity index (χ1v) is 4.37. The van der Waals surface area contributed by atoms with Gasteiger partial charge in [0.15, 0.2) is 0 Å². The van der Waals surface area contributed by atoms with Crippen molar-refractivity contribution >= 4 is 17.0 Å². The number of carbonyl (C=O) groups is 1. The molecule has 0 saturated heterocycles. The van der Waals surface area contributed by atoms with Crippen molar-refractivity contribution < 1.29 is 9.63 Å². The molecule has 0 bridgehead atoms. The van der Waals surface area contributed by atoms with Crippen LogP contribution in [0.1, 0.15) is 6.92 Å². The van der Waals surface area contributed by atoms with Gasteiger partial charge in [0.25, 0.3) is 0 Å². The molecule has 5 nitrogen and oxygen atoms in total. The highest BCUT2D eigenvalue weighted by molar-refractivity contribution is 5.87. The van der Waals surface area contributed by atoms with Gasteiger partial charge in [-0.15, -0.1) is 5.10 Å². The van der Waals surface area contributed by atoms with Crippen molar-refractivity contribution in [3.8, 4) is 0 Å². The molecule has 1 heterocycles. The summed E-state index contributed by atoms with van der Waals surface area (Å²) >= 11 is 0. The fourth-order valence-corrected chi connectivity index (χ4v) is 1.07. The number of rotatable bonds is 2. The smallest absolute Gasteiger partial charge is 0.312 e. The van der Waals surface area contributed by atoms with Gasteiger partial charge in [0.05, 0.1) is 0 Å². The zero-order valence-corrected chi connectivity index (χ0v) is 8.17.